The van der Waals surface area contributed by atoms with E-state index in [9.17, 15) is 14.7 Å². The maximum absolute atomic E-state index is 13.2. The number of ether oxygens (including phenoxy) is 2. The molecule has 1 aliphatic rings. The zero-order chi connectivity index (χ0) is 25.9. The molecule has 0 bridgehead atoms. The fourth-order valence-corrected chi connectivity index (χ4v) is 4.18. The summed E-state index contributed by atoms with van der Waals surface area (Å²) in [4.78, 5) is 27.6. The lowest BCUT2D eigenvalue weighted by Crippen LogP contribution is -2.32. The number of benzene rings is 2. The van der Waals surface area contributed by atoms with Crippen molar-refractivity contribution in [2.45, 2.75) is 53.0 Å². The number of hydrogen-bond acceptors (Lipinski definition) is 5. The number of ketones is 1. The van der Waals surface area contributed by atoms with Gasteiger partial charge in [-0.05, 0) is 53.1 Å². The Morgan fingerprint density at radius 3 is 2.29 bits per heavy atom. The van der Waals surface area contributed by atoms with Crippen LogP contribution in [0.5, 0.6) is 5.75 Å². The molecule has 1 fully saturated rings. The first kappa shape index (κ1) is 26.5. The van der Waals surface area contributed by atoms with Gasteiger partial charge in [0.25, 0.3) is 11.7 Å². The van der Waals surface area contributed by atoms with Gasteiger partial charge < -0.3 is 19.5 Å². The van der Waals surface area contributed by atoms with Gasteiger partial charge in [0.1, 0.15) is 11.5 Å². The van der Waals surface area contributed by atoms with Crippen LogP contribution in [-0.2, 0) is 19.7 Å². The van der Waals surface area contributed by atoms with Crippen LogP contribution in [0.4, 0.5) is 0 Å². The van der Waals surface area contributed by atoms with Gasteiger partial charge in [0.2, 0.25) is 0 Å². The van der Waals surface area contributed by atoms with E-state index in [-0.39, 0.29) is 29.9 Å². The molecular weight excluding hydrogens is 442 g/mol. The molecule has 1 atom stereocenters. The molecule has 0 aromatic heterocycles. The van der Waals surface area contributed by atoms with Crippen molar-refractivity contribution in [3.63, 3.8) is 0 Å². The molecule has 0 aliphatic carbocycles. The van der Waals surface area contributed by atoms with Crippen molar-refractivity contribution in [3.05, 3.63) is 70.3 Å². The summed E-state index contributed by atoms with van der Waals surface area (Å²) in [6, 6.07) is 12.5. The second-order valence-corrected chi connectivity index (χ2v) is 10.5. The summed E-state index contributed by atoms with van der Waals surface area (Å²) in [5.74, 6) is -0.407. The van der Waals surface area contributed by atoms with Crippen molar-refractivity contribution in [2.75, 3.05) is 26.9 Å². The molecule has 6 nitrogen and oxygen atoms in total. The maximum Gasteiger partial charge on any atom is 0.295 e. The number of aliphatic hydroxyl groups is 1. The summed E-state index contributed by atoms with van der Waals surface area (Å²) in [5, 5.41) is 11.3. The summed E-state index contributed by atoms with van der Waals surface area (Å²) in [6.45, 7) is 13.5. The van der Waals surface area contributed by atoms with Gasteiger partial charge in [-0.25, -0.2) is 0 Å². The Morgan fingerprint density at radius 1 is 1.09 bits per heavy atom. The standard InChI is InChI=1S/C29H37NO5/c1-18(2)17-35-23-13-10-21(16-19(23)3)26(31)24-25(30(14-15-34-7)28(33)27(24)32)20-8-11-22(12-9-20)29(4,5)6/h8-13,16,18,25,31H,14-15,17H2,1-7H3/t25-/m0/s1. The molecule has 1 aliphatic heterocycles. The second-order valence-electron chi connectivity index (χ2n) is 10.5. The summed E-state index contributed by atoms with van der Waals surface area (Å²) < 4.78 is 11.0. The van der Waals surface area contributed by atoms with E-state index in [0.717, 1.165) is 22.4 Å². The van der Waals surface area contributed by atoms with E-state index in [1.165, 1.54) is 4.90 Å². The van der Waals surface area contributed by atoms with Crippen LogP contribution < -0.4 is 4.74 Å². The zero-order valence-corrected chi connectivity index (χ0v) is 21.8. The molecular formula is C29H37NO5. The number of nitrogens with zero attached hydrogens (tertiary/aromatic N) is 1. The number of hydrogen-bond donors (Lipinski definition) is 1. The number of rotatable bonds is 8. The summed E-state index contributed by atoms with van der Waals surface area (Å²) in [7, 11) is 1.55. The minimum absolute atomic E-state index is 0.0344. The molecule has 0 radical (unpaired) electrons. The zero-order valence-electron chi connectivity index (χ0n) is 21.8. The highest BCUT2D eigenvalue weighted by Crippen LogP contribution is 2.40. The Balaban J connectivity index is 2.08. The van der Waals surface area contributed by atoms with Crippen molar-refractivity contribution in [1.82, 2.24) is 4.90 Å². The summed E-state index contributed by atoms with van der Waals surface area (Å²) in [6.07, 6.45) is 0. The average molecular weight is 480 g/mol. The Bertz CT molecular complexity index is 1110. The lowest BCUT2D eigenvalue weighted by Gasteiger charge is -2.26. The molecule has 6 heteroatoms. The fraction of sp³-hybridized carbons (Fsp3) is 0.448. The first-order valence-corrected chi connectivity index (χ1v) is 12.1. The molecule has 188 valence electrons. The lowest BCUT2D eigenvalue weighted by molar-refractivity contribution is -0.140. The minimum Gasteiger partial charge on any atom is -0.507 e. The first-order valence-electron chi connectivity index (χ1n) is 12.1. The van der Waals surface area contributed by atoms with Gasteiger partial charge >= 0.3 is 0 Å². The largest absolute Gasteiger partial charge is 0.507 e. The van der Waals surface area contributed by atoms with Crippen molar-refractivity contribution in [1.29, 1.82) is 0 Å². The third-order valence-electron chi connectivity index (χ3n) is 6.19. The van der Waals surface area contributed by atoms with Gasteiger partial charge in [-0.1, -0.05) is 58.9 Å². The lowest BCUT2D eigenvalue weighted by atomic mass is 9.85. The van der Waals surface area contributed by atoms with Crippen LogP contribution in [0.15, 0.2) is 48.0 Å². The number of carbonyl (C=O) groups is 2. The van der Waals surface area contributed by atoms with Gasteiger partial charge in [-0.2, -0.15) is 0 Å². The molecule has 1 N–H and O–H groups in total. The number of methoxy groups -OCH3 is 1. The number of aliphatic hydroxyl groups excluding tert-OH is 1. The fourth-order valence-electron chi connectivity index (χ4n) is 4.18. The number of Topliss-reactive ketones (excluding diaryl/α,β-unsaturated/α-hetero) is 1. The molecule has 2 aromatic carbocycles. The Kier molecular flexibility index (Phi) is 8.06. The van der Waals surface area contributed by atoms with Gasteiger partial charge in [0.05, 0.1) is 24.8 Å². The van der Waals surface area contributed by atoms with E-state index in [2.05, 4.69) is 34.6 Å². The highest BCUT2D eigenvalue weighted by atomic mass is 16.5. The van der Waals surface area contributed by atoms with Gasteiger partial charge in [0.15, 0.2) is 0 Å². The van der Waals surface area contributed by atoms with Crippen molar-refractivity contribution >= 4 is 17.4 Å². The predicted octanol–water partition coefficient (Wildman–Crippen LogP) is 5.40. The van der Waals surface area contributed by atoms with Crippen molar-refractivity contribution in [3.8, 4) is 5.75 Å². The van der Waals surface area contributed by atoms with Crippen LogP contribution in [0.3, 0.4) is 0 Å². The average Bonchev–Trinajstić information content (AvgIpc) is 3.05. The van der Waals surface area contributed by atoms with Crippen molar-refractivity contribution < 1.29 is 24.2 Å². The van der Waals surface area contributed by atoms with Gasteiger partial charge in [-0.3, -0.25) is 9.59 Å². The summed E-state index contributed by atoms with van der Waals surface area (Å²) in [5.41, 5.74) is 3.28. The number of carbonyl (C=O) groups excluding carboxylic acids is 2. The molecule has 35 heavy (non-hydrogen) atoms. The van der Waals surface area contributed by atoms with Crippen LogP contribution in [0.25, 0.3) is 5.76 Å². The Hall–Kier alpha value is -3.12. The van der Waals surface area contributed by atoms with E-state index in [1.807, 2.05) is 31.2 Å². The number of amides is 1. The van der Waals surface area contributed by atoms with Crippen LogP contribution in [0.1, 0.15) is 62.9 Å². The SMILES string of the molecule is COCCN1C(=O)C(=O)C(=C(O)c2ccc(OCC(C)C)c(C)c2)[C@@H]1c1ccc(C(C)(C)C)cc1. The molecule has 1 amide bonds. The molecule has 0 unspecified atom stereocenters. The van der Waals surface area contributed by atoms with E-state index in [0.29, 0.717) is 18.1 Å². The highest BCUT2D eigenvalue weighted by Gasteiger charge is 2.46. The monoisotopic (exact) mass is 479 g/mol. The highest BCUT2D eigenvalue weighted by molar-refractivity contribution is 6.46. The Labute approximate surface area is 208 Å². The van der Waals surface area contributed by atoms with Crippen molar-refractivity contribution in [2.24, 2.45) is 5.92 Å². The minimum atomic E-state index is -0.698. The van der Waals surface area contributed by atoms with E-state index < -0.39 is 17.7 Å². The molecule has 0 spiro atoms. The quantitative estimate of drug-likeness (QED) is 0.312. The molecule has 1 heterocycles. The maximum atomic E-state index is 13.2. The van der Waals surface area contributed by atoms with E-state index in [4.69, 9.17) is 9.47 Å². The van der Waals surface area contributed by atoms with Crippen LogP contribution in [0, 0.1) is 12.8 Å². The third-order valence-corrected chi connectivity index (χ3v) is 6.19. The topological polar surface area (TPSA) is 76.1 Å². The van der Waals surface area contributed by atoms with Crippen LogP contribution in [0.2, 0.25) is 0 Å². The van der Waals surface area contributed by atoms with E-state index in [1.54, 1.807) is 25.3 Å². The van der Waals surface area contributed by atoms with Crippen LogP contribution >= 0.6 is 0 Å². The number of likely N-dealkylation sites (tertiary alicyclic amines) is 1. The van der Waals surface area contributed by atoms with Gasteiger partial charge in [-0.15, -0.1) is 0 Å². The Morgan fingerprint density at radius 2 is 1.74 bits per heavy atom. The van der Waals surface area contributed by atoms with Crippen LogP contribution in [-0.4, -0.2) is 48.6 Å². The van der Waals surface area contributed by atoms with Gasteiger partial charge in [0, 0.05) is 19.2 Å². The predicted molar refractivity (Wildman–Crippen MR) is 138 cm³/mol. The molecule has 2 aromatic rings. The molecule has 0 saturated carbocycles. The number of aryl methyl sites for hydroxylation is 1. The second kappa shape index (κ2) is 10.6. The first-order chi connectivity index (χ1) is 16.5. The smallest absolute Gasteiger partial charge is 0.295 e. The normalized spacial score (nSPS) is 17.9. The third kappa shape index (κ3) is 5.76. The molecule has 3 rings (SSSR count). The summed E-state index contributed by atoms with van der Waals surface area (Å²) >= 11 is 0. The van der Waals surface area contributed by atoms with E-state index >= 15 is 0 Å². The molecule has 1 saturated heterocycles.